The smallest absolute Gasteiger partial charge is 0.534 e. The number of carbonyl (C=O) groups excluding carboxylic acids is 3. The van der Waals surface area contributed by atoms with Gasteiger partial charge in [-0.2, -0.15) is 0 Å². The van der Waals surface area contributed by atoms with Crippen molar-refractivity contribution in [2.45, 2.75) is 71.7 Å². The van der Waals surface area contributed by atoms with Crippen molar-refractivity contribution in [2.24, 2.45) is 0 Å². The molecule has 3 rings (SSSR count). The van der Waals surface area contributed by atoms with Crippen molar-refractivity contribution >= 4 is 25.0 Å². The fourth-order valence-corrected chi connectivity index (χ4v) is 3.72. The quantitative estimate of drug-likeness (QED) is 0.197. The molecule has 38 heavy (non-hydrogen) atoms. The SMILES string of the molecule is CCOC(C)(C)C(=O)OCOC(=O)c1cccc2c1OB(O)[C@@H](NC(=O)Cn1cc(CNC(C)C)nn1)C2. The second kappa shape index (κ2) is 12.8. The fraction of sp³-hybridized carbons (Fsp3) is 0.542. The van der Waals surface area contributed by atoms with Crippen LogP contribution in [-0.4, -0.2) is 76.0 Å². The number of hydrogen-bond acceptors (Lipinski definition) is 11. The molecule has 0 bridgehead atoms. The van der Waals surface area contributed by atoms with E-state index in [0.717, 1.165) is 0 Å². The van der Waals surface area contributed by atoms with Gasteiger partial charge in [0.05, 0.1) is 17.8 Å². The van der Waals surface area contributed by atoms with Gasteiger partial charge in [-0.3, -0.25) is 4.79 Å². The summed E-state index contributed by atoms with van der Waals surface area (Å²) in [6.07, 6.45) is 1.88. The Morgan fingerprint density at radius 1 is 1.29 bits per heavy atom. The number of rotatable bonds is 12. The summed E-state index contributed by atoms with van der Waals surface area (Å²) in [6, 6.07) is 5.10. The summed E-state index contributed by atoms with van der Waals surface area (Å²) in [5.41, 5.74) is 0.165. The average Bonchev–Trinajstić information content (AvgIpc) is 3.29. The normalized spacial score (nSPS) is 15.0. The molecule has 1 aromatic heterocycles. The number of ether oxygens (including phenoxy) is 3. The van der Waals surface area contributed by atoms with Gasteiger partial charge < -0.3 is 34.5 Å². The second-order valence-corrected chi connectivity index (χ2v) is 9.55. The molecule has 3 N–H and O–H groups in total. The van der Waals surface area contributed by atoms with Crippen molar-refractivity contribution < 1.29 is 38.3 Å². The van der Waals surface area contributed by atoms with E-state index < -0.39 is 37.4 Å². The van der Waals surface area contributed by atoms with Gasteiger partial charge in [-0.05, 0) is 38.8 Å². The Bertz CT molecular complexity index is 1140. The van der Waals surface area contributed by atoms with E-state index in [1.807, 2.05) is 13.8 Å². The van der Waals surface area contributed by atoms with Gasteiger partial charge in [-0.15, -0.1) is 5.10 Å². The minimum atomic E-state index is -1.41. The van der Waals surface area contributed by atoms with Gasteiger partial charge in [0.15, 0.2) is 5.60 Å². The van der Waals surface area contributed by atoms with Gasteiger partial charge in [-0.1, -0.05) is 31.2 Å². The van der Waals surface area contributed by atoms with Gasteiger partial charge in [0.25, 0.3) is 0 Å². The first kappa shape index (κ1) is 29.1. The van der Waals surface area contributed by atoms with Crippen LogP contribution in [0.3, 0.4) is 0 Å². The third-order valence-corrected chi connectivity index (χ3v) is 5.65. The van der Waals surface area contributed by atoms with Crippen molar-refractivity contribution in [3.05, 3.63) is 41.2 Å². The molecule has 206 valence electrons. The van der Waals surface area contributed by atoms with Gasteiger partial charge in [0.2, 0.25) is 12.7 Å². The van der Waals surface area contributed by atoms with Gasteiger partial charge in [0, 0.05) is 19.2 Å². The van der Waals surface area contributed by atoms with Crippen LogP contribution in [0.15, 0.2) is 24.4 Å². The number of nitrogens with zero attached hydrogens (tertiary/aromatic N) is 3. The highest BCUT2D eigenvalue weighted by Crippen LogP contribution is 2.30. The van der Waals surface area contributed by atoms with Crippen LogP contribution >= 0.6 is 0 Å². The summed E-state index contributed by atoms with van der Waals surface area (Å²) in [5, 5.41) is 24.5. The first-order chi connectivity index (χ1) is 18.0. The van der Waals surface area contributed by atoms with Gasteiger partial charge in [0.1, 0.15) is 17.9 Å². The third kappa shape index (κ3) is 7.76. The minimum absolute atomic E-state index is 0.0524. The molecule has 0 saturated carbocycles. The Morgan fingerprint density at radius 3 is 2.76 bits per heavy atom. The Hall–Kier alpha value is -3.49. The van der Waals surface area contributed by atoms with E-state index in [2.05, 4.69) is 20.9 Å². The van der Waals surface area contributed by atoms with Crippen LogP contribution in [0.1, 0.15) is 56.2 Å². The lowest BCUT2D eigenvalue weighted by molar-refractivity contribution is -0.175. The highest BCUT2D eigenvalue weighted by atomic mass is 16.7. The van der Waals surface area contributed by atoms with E-state index >= 15 is 0 Å². The molecule has 1 atom stereocenters. The first-order valence-corrected chi connectivity index (χ1v) is 12.4. The summed E-state index contributed by atoms with van der Waals surface area (Å²) in [6.45, 7) is 9.02. The third-order valence-electron chi connectivity index (χ3n) is 5.65. The number of fused-ring (bicyclic) bond motifs is 1. The Morgan fingerprint density at radius 2 is 2.05 bits per heavy atom. The zero-order chi connectivity index (χ0) is 27.9. The van der Waals surface area contributed by atoms with Crippen LogP contribution in [0.2, 0.25) is 0 Å². The molecule has 0 saturated heterocycles. The lowest BCUT2D eigenvalue weighted by Gasteiger charge is -2.29. The predicted molar refractivity (Wildman–Crippen MR) is 135 cm³/mol. The summed E-state index contributed by atoms with van der Waals surface area (Å²) >= 11 is 0. The molecule has 0 radical (unpaired) electrons. The molecule has 0 unspecified atom stereocenters. The van der Waals surface area contributed by atoms with Crippen molar-refractivity contribution in [3.8, 4) is 5.75 Å². The number of nitrogens with one attached hydrogen (secondary N) is 2. The van der Waals surface area contributed by atoms with Crippen molar-refractivity contribution in [1.29, 1.82) is 0 Å². The maximum Gasteiger partial charge on any atom is 0.547 e. The molecule has 1 aliphatic rings. The largest absolute Gasteiger partial charge is 0.547 e. The highest BCUT2D eigenvalue weighted by molar-refractivity contribution is 6.47. The zero-order valence-corrected chi connectivity index (χ0v) is 22.2. The topological polar surface area (TPSA) is 163 Å². The standard InChI is InChI=1S/C24H34BN5O8/c1-6-37-24(4,5)23(33)36-14-35-22(32)18-9-7-8-16-10-19(25(34)38-21(16)18)27-20(31)13-30-12-17(28-29-30)11-26-15(2)3/h7-9,12,15,19,26,34H,6,10-11,13-14H2,1-5H3,(H,27,31)/t19-/m0/s1. The Balaban J connectivity index is 1.56. The molecule has 2 aromatic rings. The van der Waals surface area contributed by atoms with E-state index in [4.69, 9.17) is 18.9 Å². The molecule has 1 aliphatic heterocycles. The second-order valence-electron chi connectivity index (χ2n) is 9.55. The average molecular weight is 531 g/mol. The van der Waals surface area contributed by atoms with E-state index in [-0.39, 0.29) is 36.2 Å². The number of carbonyl (C=O) groups is 3. The predicted octanol–water partition coefficient (Wildman–Crippen LogP) is 0.388. The molecule has 0 spiro atoms. The van der Waals surface area contributed by atoms with Crippen LogP contribution in [0, 0.1) is 0 Å². The first-order valence-electron chi connectivity index (χ1n) is 12.4. The Kier molecular flexibility index (Phi) is 9.83. The zero-order valence-electron chi connectivity index (χ0n) is 22.2. The van der Waals surface area contributed by atoms with E-state index in [1.54, 1.807) is 39.1 Å². The lowest BCUT2D eigenvalue weighted by atomic mass is 9.72. The van der Waals surface area contributed by atoms with E-state index in [1.165, 1.54) is 10.7 Å². The maximum absolute atomic E-state index is 12.6. The molecule has 0 aliphatic carbocycles. The fourth-order valence-electron chi connectivity index (χ4n) is 3.72. The summed E-state index contributed by atoms with van der Waals surface area (Å²) in [4.78, 5) is 37.3. The monoisotopic (exact) mass is 531 g/mol. The number of amides is 1. The number of hydrogen-bond donors (Lipinski definition) is 3. The summed E-state index contributed by atoms with van der Waals surface area (Å²) < 4.78 is 22.4. The highest BCUT2D eigenvalue weighted by Gasteiger charge is 2.38. The van der Waals surface area contributed by atoms with Crippen LogP contribution in [0.4, 0.5) is 0 Å². The van der Waals surface area contributed by atoms with Crippen LogP contribution < -0.4 is 15.3 Å². The molecule has 2 heterocycles. The molecule has 0 fully saturated rings. The van der Waals surface area contributed by atoms with Gasteiger partial charge >= 0.3 is 19.1 Å². The molecule has 1 amide bonds. The molecular formula is C24H34BN5O8. The van der Waals surface area contributed by atoms with Crippen molar-refractivity contribution in [3.63, 3.8) is 0 Å². The number of esters is 2. The van der Waals surface area contributed by atoms with Crippen LogP contribution in [0.5, 0.6) is 5.75 Å². The summed E-state index contributed by atoms with van der Waals surface area (Å²) in [7, 11) is -1.41. The Labute approximate surface area is 221 Å². The number of para-hydroxylation sites is 1. The molecule has 13 nitrogen and oxygen atoms in total. The van der Waals surface area contributed by atoms with E-state index in [0.29, 0.717) is 24.4 Å². The van der Waals surface area contributed by atoms with Crippen molar-refractivity contribution in [1.82, 2.24) is 25.6 Å². The lowest BCUT2D eigenvalue weighted by Crippen LogP contribution is -2.53. The van der Waals surface area contributed by atoms with E-state index in [9.17, 15) is 19.4 Å². The minimum Gasteiger partial charge on any atom is -0.534 e. The molecular weight excluding hydrogens is 497 g/mol. The van der Waals surface area contributed by atoms with Crippen molar-refractivity contribution in [2.75, 3.05) is 13.4 Å². The molecule has 1 aromatic carbocycles. The van der Waals surface area contributed by atoms with Crippen LogP contribution in [-0.2, 0) is 43.3 Å². The maximum atomic E-state index is 12.6. The molecule has 14 heteroatoms. The van der Waals surface area contributed by atoms with Crippen LogP contribution in [0.25, 0.3) is 0 Å². The van der Waals surface area contributed by atoms with Gasteiger partial charge in [-0.25, -0.2) is 14.3 Å². The number of benzene rings is 1. The summed E-state index contributed by atoms with van der Waals surface area (Å²) in [5.74, 6) is -2.49. The number of aromatic nitrogens is 3.